The summed E-state index contributed by atoms with van der Waals surface area (Å²) in [7, 11) is 0. The molecule has 2 atom stereocenters. The van der Waals surface area contributed by atoms with Crippen LogP contribution in [0.3, 0.4) is 0 Å². The van der Waals surface area contributed by atoms with Gasteiger partial charge in [-0.1, -0.05) is 18.2 Å². The van der Waals surface area contributed by atoms with Gasteiger partial charge in [0.1, 0.15) is 5.82 Å². The van der Waals surface area contributed by atoms with E-state index in [-0.39, 0.29) is 24.0 Å². The van der Waals surface area contributed by atoms with E-state index in [0.29, 0.717) is 19.0 Å². The molecule has 0 radical (unpaired) electrons. The van der Waals surface area contributed by atoms with Crippen molar-refractivity contribution in [1.82, 2.24) is 15.5 Å². The van der Waals surface area contributed by atoms with Gasteiger partial charge in [0.05, 0.1) is 6.10 Å². The van der Waals surface area contributed by atoms with Crippen molar-refractivity contribution in [2.24, 2.45) is 5.92 Å². The van der Waals surface area contributed by atoms with Crippen LogP contribution in [-0.4, -0.2) is 47.8 Å². The van der Waals surface area contributed by atoms with Crippen molar-refractivity contribution in [3.63, 3.8) is 0 Å². The number of likely N-dealkylation sites (tertiary alicyclic amines) is 1. The summed E-state index contributed by atoms with van der Waals surface area (Å²) in [5.74, 6) is 0.238. The highest BCUT2D eigenvalue weighted by Crippen LogP contribution is 2.24. The maximum atomic E-state index is 13.7. The Labute approximate surface area is 148 Å². The molecule has 1 aliphatic carbocycles. The van der Waals surface area contributed by atoms with Gasteiger partial charge in [-0.25, -0.2) is 9.18 Å². The lowest BCUT2D eigenvalue weighted by atomic mass is 10.0. The third-order valence-electron chi connectivity index (χ3n) is 5.34. The molecule has 138 valence electrons. The fourth-order valence-electron chi connectivity index (χ4n) is 3.81. The van der Waals surface area contributed by atoms with Crippen LogP contribution in [0, 0.1) is 11.7 Å². The predicted molar refractivity (Wildman–Crippen MR) is 94.6 cm³/mol. The predicted octanol–water partition coefficient (Wildman–Crippen LogP) is 2.25. The van der Waals surface area contributed by atoms with Gasteiger partial charge in [-0.3, -0.25) is 4.90 Å². The van der Waals surface area contributed by atoms with E-state index in [9.17, 15) is 14.3 Å². The second-order valence-corrected chi connectivity index (χ2v) is 7.33. The molecule has 0 bridgehead atoms. The minimum Gasteiger partial charge on any atom is -0.393 e. The van der Waals surface area contributed by atoms with Gasteiger partial charge >= 0.3 is 6.03 Å². The molecule has 1 aliphatic heterocycles. The molecule has 0 aromatic heterocycles. The minimum atomic E-state index is -0.200. The Morgan fingerprint density at radius 1 is 1.20 bits per heavy atom. The van der Waals surface area contributed by atoms with Crippen molar-refractivity contribution in [2.75, 3.05) is 19.6 Å². The summed E-state index contributed by atoms with van der Waals surface area (Å²) in [5.41, 5.74) is 0.727. The first kappa shape index (κ1) is 18.1. The third kappa shape index (κ3) is 5.41. The number of aliphatic hydroxyl groups excluding tert-OH is 1. The molecular weight excluding hydrogens is 321 g/mol. The first-order chi connectivity index (χ1) is 12.1. The van der Waals surface area contributed by atoms with E-state index in [4.69, 9.17) is 0 Å². The Hall–Kier alpha value is -1.66. The fraction of sp³-hybridized carbons (Fsp3) is 0.632. The molecule has 2 fully saturated rings. The average molecular weight is 349 g/mol. The number of urea groups is 1. The molecule has 1 saturated heterocycles. The number of halogens is 1. The SMILES string of the molecule is O=C(NC[C@@H]1CC[C@@H](O)C1)NC1CCN(Cc2ccccc2F)CC1. The van der Waals surface area contributed by atoms with Crippen molar-refractivity contribution in [3.8, 4) is 0 Å². The average Bonchev–Trinajstić information content (AvgIpc) is 3.02. The number of rotatable bonds is 5. The van der Waals surface area contributed by atoms with E-state index in [1.54, 1.807) is 6.07 Å². The van der Waals surface area contributed by atoms with E-state index in [1.165, 1.54) is 6.07 Å². The van der Waals surface area contributed by atoms with Crippen LogP contribution in [0.25, 0.3) is 0 Å². The number of carbonyl (C=O) groups is 1. The number of hydrogen-bond acceptors (Lipinski definition) is 3. The largest absolute Gasteiger partial charge is 0.393 e. The number of hydrogen-bond donors (Lipinski definition) is 3. The molecule has 1 aromatic carbocycles. The summed E-state index contributed by atoms with van der Waals surface area (Å²) < 4.78 is 13.7. The number of benzene rings is 1. The molecule has 6 heteroatoms. The van der Waals surface area contributed by atoms with Gasteiger partial charge in [-0.2, -0.15) is 0 Å². The van der Waals surface area contributed by atoms with Crippen LogP contribution in [-0.2, 0) is 6.54 Å². The number of piperidine rings is 1. The Balaban J connectivity index is 1.34. The van der Waals surface area contributed by atoms with E-state index >= 15 is 0 Å². The van der Waals surface area contributed by atoms with Crippen LogP contribution in [0.4, 0.5) is 9.18 Å². The number of nitrogens with zero attached hydrogens (tertiary/aromatic N) is 1. The van der Waals surface area contributed by atoms with Gasteiger partial charge in [0.15, 0.2) is 0 Å². The van der Waals surface area contributed by atoms with Crippen molar-refractivity contribution in [3.05, 3.63) is 35.6 Å². The number of aliphatic hydroxyl groups is 1. The number of nitrogens with one attached hydrogen (secondary N) is 2. The molecule has 5 nitrogen and oxygen atoms in total. The van der Waals surface area contributed by atoms with E-state index in [2.05, 4.69) is 15.5 Å². The zero-order valence-corrected chi connectivity index (χ0v) is 14.6. The smallest absolute Gasteiger partial charge is 0.315 e. The summed E-state index contributed by atoms with van der Waals surface area (Å²) >= 11 is 0. The molecular formula is C19H28FN3O2. The van der Waals surface area contributed by atoms with Crippen molar-refractivity contribution in [1.29, 1.82) is 0 Å². The van der Waals surface area contributed by atoms with Crippen molar-refractivity contribution >= 4 is 6.03 Å². The van der Waals surface area contributed by atoms with E-state index in [1.807, 2.05) is 12.1 Å². The highest BCUT2D eigenvalue weighted by molar-refractivity contribution is 5.74. The third-order valence-corrected chi connectivity index (χ3v) is 5.34. The first-order valence-corrected chi connectivity index (χ1v) is 9.28. The summed E-state index contributed by atoms with van der Waals surface area (Å²) in [6.07, 6.45) is 4.17. The van der Waals surface area contributed by atoms with Gasteiger partial charge in [-0.15, -0.1) is 0 Å². The van der Waals surface area contributed by atoms with Crippen LogP contribution in [0.5, 0.6) is 0 Å². The summed E-state index contributed by atoms with van der Waals surface area (Å²) in [5, 5.41) is 15.5. The summed E-state index contributed by atoms with van der Waals surface area (Å²) in [6.45, 7) is 2.97. The molecule has 3 N–H and O–H groups in total. The van der Waals surface area contributed by atoms with Crippen LogP contribution < -0.4 is 10.6 Å². The fourth-order valence-corrected chi connectivity index (χ4v) is 3.81. The van der Waals surface area contributed by atoms with Gasteiger partial charge in [0.25, 0.3) is 0 Å². The number of amides is 2. The Bertz CT molecular complexity index is 576. The van der Waals surface area contributed by atoms with Gasteiger partial charge in [0, 0.05) is 37.8 Å². The molecule has 1 saturated carbocycles. The normalized spacial score (nSPS) is 25.0. The summed E-state index contributed by atoms with van der Waals surface area (Å²) in [6, 6.07) is 6.95. The van der Waals surface area contributed by atoms with E-state index in [0.717, 1.165) is 50.8 Å². The zero-order valence-electron chi connectivity index (χ0n) is 14.6. The quantitative estimate of drug-likeness (QED) is 0.764. The number of carbonyl (C=O) groups excluding carboxylic acids is 1. The maximum absolute atomic E-state index is 13.7. The monoisotopic (exact) mass is 349 g/mol. The lowest BCUT2D eigenvalue weighted by Crippen LogP contribution is -2.48. The van der Waals surface area contributed by atoms with E-state index < -0.39 is 0 Å². The molecule has 1 aromatic rings. The second kappa shape index (κ2) is 8.63. The minimum absolute atomic E-state index is 0.117. The lowest BCUT2D eigenvalue weighted by Gasteiger charge is -2.32. The second-order valence-electron chi connectivity index (χ2n) is 7.33. The van der Waals surface area contributed by atoms with Gasteiger partial charge in [0.2, 0.25) is 0 Å². The summed E-state index contributed by atoms with van der Waals surface area (Å²) in [4.78, 5) is 14.2. The molecule has 0 unspecified atom stereocenters. The Kier molecular flexibility index (Phi) is 6.26. The van der Waals surface area contributed by atoms with Gasteiger partial charge in [-0.05, 0) is 44.1 Å². The van der Waals surface area contributed by atoms with Crippen molar-refractivity contribution in [2.45, 2.75) is 50.8 Å². The molecule has 2 amide bonds. The molecule has 0 spiro atoms. The molecule has 3 rings (SSSR count). The topological polar surface area (TPSA) is 64.6 Å². The highest BCUT2D eigenvalue weighted by Gasteiger charge is 2.24. The standard InChI is InChI=1S/C19H28FN3O2/c20-18-4-2-1-3-15(18)13-23-9-7-16(8-10-23)22-19(25)21-12-14-5-6-17(24)11-14/h1-4,14,16-17,24H,5-13H2,(H2,21,22,25)/t14-,17-/m1/s1. The zero-order chi connectivity index (χ0) is 17.6. The highest BCUT2D eigenvalue weighted by atomic mass is 19.1. The Morgan fingerprint density at radius 2 is 1.96 bits per heavy atom. The first-order valence-electron chi connectivity index (χ1n) is 9.28. The van der Waals surface area contributed by atoms with Crippen molar-refractivity contribution < 1.29 is 14.3 Å². The van der Waals surface area contributed by atoms with Crippen LogP contribution in [0.1, 0.15) is 37.7 Å². The lowest BCUT2D eigenvalue weighted by molar-refractivity contribution is 0.176. The maximum Gasteiger partial charge on any atom is 0.315 e. The van der Waals surface area contributed by atoms with Crippen LogP contribution in [0.15, 0.2) is 24.3 Å². The van der Waals surface area contributed by atoms with Crippen LogP contribution in [0.2, 0.25) is 0 Å². The van der Waals surface area contributed by atoms with Crippen LogP contribution >= 0.6 is 0 Å². The molecule has 2 aliphatic rings. The molecule has 1 heterocycles. The van der Waals surface area contributed by atoms with Gasteiger partial charge < -0.3 is 15.7 Å². The molecule has 25 heavy (non-hydrogen) atoms. The Morgan fingerprint density at radius 3 is 2.64 bits per heavy atom.